The zero-order valence-corrected chi connectivity index (χ0v) is 18.2. The summed E-state index contributed by atoms with van der Waals surface area (Å²) >= 11 is 7.37. The summed E-state index contributed by atoms with van der Waals surface area (Å²) in [4.78, 5) is 34.6. The number of rotatable bonds is 4. The lowest BCUT2D eigenvalue weighted by atomic mass is 10.2. The Bertz CT molecular complexity index is 1040. The van der Waals surface area contributed by atoms with Gasteiger partial charge in [0.05, 0.1) is 10.7 Å². The number of hydrogen-bond acceptors (Lipinski definition) is 4. The van der Waals surface area contributed by atoms with Gasteiger partial charge in [-0.3, -0.25) is 9.59 Å². The van der Waals surface area contributed by atoms with E-state index in [-0.39, 0.29) is 11.8 Å². The molecular weight excluding hydrogens is 418 g/mol. The third-order valence-electron chi connectivity index (χ3n) is 5.18. The van der Waals surface area contributed by atoms with E-state index in [1.54, 1.807) is 29.2 Å². The van der Waals surface area contributed by atoms with Crippen molar-refractivity contribution in [1.82, 2.24) is 14.8 Å². The van der Waals surface area contributed by atoms with E-state index in [1.165, 1.54) is 16.9 Å². The van der Waals surface area contributed by atoms with Crippen LogP contribution >= 0.6 is 22.9 Å². The van der Waals surface area contributed by atoms with Gasteiger partial charge in [0, 0.05) is 43.2 Å². The van der Waals surface area contributed by atoms with E-state index in [1.807, 2.05) is 30.0 Å². The van der Waals surface area contributed by atoms with E-state index in [0.29, 0.717) is 41.6 Å². The normalized spacial score (nSPS) is 14.1. The van der Waals surface area contributed by atoms with Gasteiger partial charge in [-0.1, -0.05) is 41.9 Å². The summed E-state index contributed by atoms with van der Waals surface area (Å²) in [5.41, 5.74) is 2.57. The van der Waals surface area contributed by atoms with Gasteiger partial charge in [0.2, 0.25) is 0 Å². The molecule has 2 aromatic carbocycles. The molecule has 0 spiro atoms. The number of halogens is 1. The summed E-state index contributed by atoms with van der Waals surface area (Å²) in [6.07, 6.45) is 0.725. The Labute approximate surface area is 184 Å². The molecule has 0 unspecified atom stereocenters. The van der Waals surface area contributed by atoms with Crippen LogP contribution in [0.4, 0.5) is 0 Å². The lowest BCUT2D eigenvalue weighted by molar-refractivity contribution is 0.0537. The largest absolute Gasteiger partial charge is 0.335 e. The average molecular weight is 440 g/mol. The van der Waals surface area contributed by atoms with Crippen molar-refractivity contribution in [1.29, 1.82) is 0 Å². The van der Waals surface area contributed by atoms with Gasteiger partial charge in [0.1, 0.15) is 4.88 Å². The molecule has 0 saturated carbocycles. The molecule has 1 aromatic heterocycles. The summed E-state index contributed by atoms with van der Waals surface area (Å²) < 4.78 is 0. The fourth-order valence-electron chi connectivity index (χ4n) is 3.53. The van der Waals surface area contributed by atoms with Crippen molar-refractivity contribution in [3.05, 3.63) is 86.3 Å². The van der Waals surface area contributed by atoms with E-state index >= 15 is 0 Å². The first-order valence-corrected chi connectivity index (χ1v) is 11.0. The van der Waals surface area contributed by atoms with Gasteiger partial charge in [-0.25, -0.2) is 4.98 Å². The lowest BCUT2D eigenvalue weighted by Crippen LogP contribution is -2.50. The van der Waals surface area contributed by atoms with Crippen molar-refractivity contribution in [2.24, 2.45) is 0 Å². The summed E-state index contributed by atoms with van der Waals surface area (Å²) in [7, 11) is 0. The molecule has 4 rings (SSSR count). The van der Waals surface area contributed by atoms with Crippen molar-refractivity contribution in [2.45, 2.75) is 13.3 Å². The molecule has 1 aliphatic rings. The number of aryl methyl sites for hydroxylation is 1. The van der Waals surface area contributed by atoms with E-state index in [9.17, 15) is 9.59 Å². The number of carbonyl (C=O) groups is 2. The number of piperazine rings is 1. The first-order chi connectivity index (χ1) is 14.5. The van der Waals surface area contributed by atoms with E-state index < -0.39 is 0 Å². The highest BCUT2D eigenvalue weighted by molar-refractivity contribution is 7.13. The topological polar surface area (TPSA) is 53.5 Å². The minimum absolute atomic E-state index is 0.00269. The van der Waals surface area contributed by atoms with Crippen molar-refractivity contribution >= 4 is 34.8 Å². The van der Waals surface area contributed by atoms with Gasteiger partial charge in [-0.05, 0) is 36.8 Å². The van der Waals surface area contributed by atoms with Crippen LogP contribution in [0.2, 0.25) is 5.02 Å². The van der Waals surface area contributed by atoms with E-state index in [4.69, 9.17) is 11.6 Å². The number of nitrogens with zero attached hydrogens (tertiary/aromatic N) is 3. The highest BCUT2D eigenvalue weighted by Crippen LogP contribution is 2.23. The molecule has 0 aliphatic carbocycles. The van der Waals surface area contributed by atoms with Crippen LogP contribution in [0.25, 0.3) is 0 Å². The minimum Gasteiger partial charge on any atom is -0.335 e. The second-order valence-corrected chi connectivity index (χ2v) is 8.80. The number of hydrogen-bond donors (Lipinski definition) is 0. The van der Waals surface area contributed by atoms with Gasteiger partial charge in [0.15, 0.2) is 0 Å². The summed E-state index contributed by atoms with van der Waals surface area (Å²) in [5, 5.41) is 1.55. The van der Waals surface area contributed by atoms with Crippen molar-refractivity contribution in [2.75, 3.05) is 26.2 Å². The Morgan fingerprint density at radius 1 is 0.933 bits per heavy atom. The Balaban J connectivity index is 1.38. The minimum atomic E-state index is -0.0297. The van der Waals surface area contributed by atoms with Crippen LogP contribution in [0, 0.1) is 6.92 Å². The monoisotopic (exact) mass is 439 g/mol. The van der Waals surface area contributed by atoms with Gasteiger partial charge in [0.25, 0.3) is 11.8 Å². The molecule has 30 heavy (non-hydrogen) atoms. The molecule has 0 atom stereocenters. The fourth-order valence-corrected chi connectivity index (χ4v) is 4.72. The quantitative estimate of drug-likeness (QED) is 0.609. The first-order valence-electron chi connectivity index (χ1n) is 9.85. The Hall–Kier alpha value is -2.70. The number of benzene rings is 2. The van der Waals surface area contributed by atoms with E-state index in [0.717, 1.165) is 17.1 Å². The summed E-state index contributed by atoms with van der Waals surface area (Å²) in [6, 6.07) is 17.0. The molecular formula is C23H22ClN3O2S. The molecule has 0 bridgehead atoms. The predicted octanol–water partition coefficient (Wildman–Crippen LogP) is 4.29. The average Bonchev–Trinajstić information content (AvgIpc) is 3.14. The molecule has 5 nitrogen and oxygen atoms in total. The molecule has 2 amide bonds. The van der Waals surface area contributed by atoms with Crippen LogP contribution < -0.4 is 0 Å². The SMILES string of the molecule is Cc1nc(Cc2ccccc2)sc1C(=O)N1CCN(C(=O)c2ccc(Cl)cc2)CC1. The van der Waals surface area contributed by atoms with E-state index in [2.05, 4.69) is 17.1 Å². The predicted molar refractivity (Wildman–Crippen MR) is 119 cm³/mol. The highest BCUT2D eigenvalue weighted by atomic mass is 35.5. The smallest absolute Gasteiger partial charge is 0.265 e. The Morgan fingerprint density at radius 2 is 1.53 bits per heavy atom. The number of carbonyl (C=O) groups excluding carboxylic acids is 2. The second-order valence-electron chi connectivity index (χ2n) is 7.28. The third kappa shape index (κ3) is 4.55. The molecule has 1 saturated heterocycles. The molecule has 1 aliphatic heterocycles. The molecule has 7 heteroatoms. The van der Waals surface area contributed by atoms with Crippen molar-refractivity contribution in [3.63, 3.8) is 0 Å². The summed E-state index contributed by atoms with van der Waals surface area (Å²) in [6.45, 7) is 3.95. The van der Waals surface area contributed by atoms with Crippen LogP contribution in [-0.4, -0.2) is 52.8 Å². The highest BCUT2D eigenvalue weighted by Gasteiger charge is 2.27. The zero-order valence-electron chi connectivity index (χ0n) is 16.7. The van der Waals surface area contributed by atoms with Crippen LogP contribution in [0.1, 0.15) is 36.3 Å². The maximum atomic E-state index is 13.0. The molecule has 154 valence electrons. The molecule has 0 N–H and O–H groups in total. The molecule has 1 fully saturated rings. The fraction of sp³-hybridized carbons (Fsp3) is 0.261. The Morgan fingerprint density at radius 3 is 2.17 bits per heavy atom. The third-order valence-corrected chi connectivity index (χ3v) is 6.58. The van der Waals surface area contributed by atoms with Gasteiger partial charge in [-0.15, -0.1) is 11.3 Å². The van der Waals surface area contributed by atoms with Crippen LogP contribution in [-0.2, 0) is 6.42 Å². The lowest BCUT2D eigenvalue weighted by Gasteiger charge is -2.34. The van der Waals surface area contributed by atoms with Crippen LogP contribution in [0.15, 0.2) is 54.6 Å². The number of aromatic nitrogens is 1. The van der Waals surface area contributed by atoms with Crippen molar-refractivity contribution in [3.8, 4) is 0 Å². The standard InChI is InChI=1S/C23H22ClN3O2S/c1-16-21(30-20(25-16)15-17-5-3-2-4-6-17)23(29)27-13-11-26(12-14-27)22(28)18-7-9-19(24)10-8-18/h2-10H,11-15H2,1H3. The second kappa shape index (κ2) is 8.98. The maximum Gasteiger partial charge on any atom is 0.265 e. The number of amides is 2. The Kier molecular flexibility index (Phi) is 6.16. The van der Waals surface area contributed by atoms with Gasteiger partial charge >= 0.3 is 0 Å². The maximum absolute atomic E-state index is 13.0. The van der Waals surface area contributed by atoms with Crippen LogP contribution in [0.5, 0.6) is 0 Å². The molecule has 2 heterocycles. The summed E-state index contributed by atoms with van der Waals surface area (Å²) in [5.74, 6) is -0.0270. The first kappa shape index (κ1) is 20.6. The molecule has 3 aromatic rings. The van der Waals surface area contributed by atoms with Gasteiger partial charge in [-0.2, -0.15) is 0 Å². The number of thiazole rings is 1. The zero-order chi connectivity index (χ0) is 21.1. The van der Waals surface area contributed by atoms with Crippen molar-refractivity contribution < 1.29 is 9.59 Å². The van der Waals surface area contributed by atoms with Crippen LogP contribution in [0.3, 0.4) is 0 Å². The van der Waals surface area contributed by atoms with Gasteiger partial charge < -0.3 is 9.80 Å². The molecule has 0 radical (unpaired) electrons.